The Morgan fingerprint density at radius 1 is 1.12 bits per heavy atom. The van der Waals surface area contributed by atoms with Crippen LogP contribution in [0.25, 0.3) is 0 Å². The van der Waals surface area contributed by atoms with Gasteiger partial charge in [-0.25, -0.2) is 9.97 Å². The number of nitrogens with zero attached hydrogens (tertiary/aromatic N) is 3. The van der Waals surface area contributed by atoms with Gasteiger partial charge in [0.1, 0.15) is 11.4 Å². The van der Waals surface area contributed by atoms with Crippen molar-refractivity contribution < 1.29 is 9.53 Å². The number of Topliss-reactive ketones (excluding diaryl/α,β-unsaturated/α-hetero) is 1. The normalized spacial score (nSPS) is 19.1. The number of carbonyl (C=O) groups excluding carboxylic acids is 1. The molecule has 4 rings (SSSR count). The van der Waals surface area contributed by atoms with E-state index < -0.39 is 5.60 Å². The van der Waals surface area contributed by atoms with Crippen LogP contribution in [0, 0.1) is 0 Å². The van der Waals surface area contributed by atoms with Gasteiger partial charge in [0.2, 0.25) is 5.95 Å². The molecule has 7 heteroatoms. The predicted octanol–water partition coefficient (Wildman–Crippen LogP) is 3.79. The smallest absolute Gasteiger partial charge is 0.225 e. The van der Waals surface area contributed by atoms with E-state index in [4.69, 9.17) is 27.9 Å². The first kappa shape index (κ1) is 15.7. The molecule has 0 N–H and O–H groups in total. The van der Waals surface area contributed by atoms with Crippen LogP contribution in [-0.2, 0) is 0 Å². The SMILES string of the molecule is O=C1CC2(CCN(c3ncccn3)CC2)Oc2c(Cl)cc(Cl)cc21. The monoisotopic (exact) mass is 363 g/mol. The largest absolute Gasteiger partial charge is 0.484 e. The van der Waals surface area contributed by atoms with Crippen LogP contribution in [0.2, 0.25) is 10.0 Å². The van der Waals surface area contributed by atoms with Crippen molar-refractivity contribution in [3.63, 3.8) is 0 Å². The van der Waals surface area contributed by atoms with E-state index in [2.05, 4.69) is 14.9 Å². The zero-order chi connectivity index (χ0) is 16.7. The number of benzene rings is 1. The van der Waals surface area contributed by atoms with Gasteiger partial charge in [-0.2, -0.15) is 0 Å². The first-order valence-electron chi connectivity index (χ1n) is 7.80. The summed E-state index contributed by atoms with van der Waals surface area (Å²) in [5, 5.41) is 0.835. The van der Waals surface area contributed by atoms with Gasteiger partial charge in [-0.05, 0) is 18.2 Å². The Kier molecular flexibility index (Phi) is 3.85. The number of piperidine rings is 1. The van der Waals surface area contributed by atoms with E-state index in [1.165, 1.54) is 0 Å². The van der Waals surface area contributed by atoms with Gasteiger partial charge in [0.25, 0.3) is 0 Å². The number of hydrogen-bond donors (Lipinski definition) is 0. The van der Waals surface area contributed by atoms with Gasteiger partial charge < -0.3 is 9.64 Å². The van der Waals surface area contributed by atoms with Crippen LogP contribution in [0.5, 0.6) is 5.75 Å². The first-order chi connectivity index (χ1) is 11.6. The van der Waals surface area contributed by atoms with E-state index in [0.717, 1.165) is 25.9 Å². The zero-order valence-corrected chi connectivity index (χ0v) is 14.3. The Labute approximate surface area is 149 Å². The molecule has 0 saturated carbocycles. The number of anilines is 1. The van der Waals surface area contributed by atoms with Crippen molar-refractivity contribution in [3.05, 3.63) is 46.2 Å². The molecule has 1 aromatic heterocycles. The highest BCUT2D eigenvalue weighted by Gasteiger charge is 2.44. The number of ether oxygens (including phenoxy) is 1. The average molecular weight is 364 g/mol. The topological polar surface area (TPSA) is 55.3 Å². The third-order valence-electron chi connectivity index (χ3n) is 4.62. The Balaban J connectivity index is 1.57. The van der Waals surface area contributed by atoms with Crippen molar-refractivity contribution in [2.45, 2.75) is 24.9 Å². The minimum atomic E-state index is -0.507. The van der Waals surface area contributed by atoms with Gasteiger partial charge in [0, 0.05) is 43.3 Å². The van der Waals surface area contributed by atoms with Crippen molar-refractivity contribution in [1.29, 1.82) is 0 Å². The lowest BCUT2D eigenvalue weighted by atomic mass is 9.82. The molecule has 0 atom stereocenters. The molecule has 5 nitrogen and oxygen atoms in total. The maximum atomic E-state index is 12.6. The number of halogens is 2. The van der Waals surface area contributed by atoms with Crippen LogP contribution in [0.15, 0.2) is 30.6 Å². The molecule has 1 aromatic carbocycles. The van der Waals surface area contributed by atoms with Gasteiger partial charge in [-0.15, -0.1) is 0 Å². The highest BCUT2D eigenvalue weighted by atomic mass is 35.5. The molecule has 0 amide bonds. The maximum Gasteiger partial charge on any atom is 0.225 e. The second kappa shape index (κ2) is 5.90. The van der Waals surface area contributed by atoms with E-state index in [1.54, 1.807) is 30.6 Å². The van der Waals surface area contributed by atoms with Crippen molar-refractivity contribution in [2.24, 2.45) is 0 Å². The standard InChI is InChI=1S/C17H15Cl2N3O2/c18-11-8-12-14(23)10-17(24-15(12)13(19)9-11)2-6-22(7-3-17)16-20-4-1-5-21-16/h1,4-5,8-9H,2-3,6-7,10H2. The fourth-order valence-electron chi connectivity index (χ4n) is 3.36. The summed E-state index contributed by atoms with van der Waals surface area (Å²) < 4.78 is 6.22. The van der Waals surface area contributed by atoms with Crippen molar-refractivity contribution >= 4 is 34.9 Å². The number of hydrogen-bond acceptors (Lipinski definition) is 5. The van der Waals surface area contributed by atoms with Crippen LogP contribution >= 0.6 is 23.2 Å². The Morgan fingerprint density at radius 2 is 1.83 bits per heavy atom. The molecular weight excluding hydrogens is 349 g/mol. The predicted molar refractivity (Wildman–Crippen MR) is 92.2 cm³/mol. The quantitative estimate of drug-likeness (QED) is 0.771. The summed E-state index contributed by atoms with van der Waals surface area (Å²) in [5.74, 6) is 1.20. The zero-order valence-electron chi connectivity index (χ0n) is 12.8. The van der Waals surface area contributed by atoms with Crippen LogP contribution in [0.4, 0.5) is 5.95 Å². The fraction of sp³-hybridized carbons (Fsp3) is 0.353. The van der Waals surface area contributed by atoms with Crippen molar-refractivity contribution in [3.8, 4) is 5.75 Å². The molecule has 3 heterocycles. The van der Waals surface area contributed by atoms with Crippen LogP contribution in [0.1, 0.15) is 29.6 Å². The molecular formula is C17H15Cl2N3O2. The molecule has 24 heavy (non-hydrogen) atoms. The van der Waals surface area contributed by atoms with E-state index in [1.807, 2.05) is 0 Å². The summed E-state index contributed by atoms with van der Waals surface area (Å²) in [6.07, 6.45) is 5.24. The molecule has 1 spiro atoms. The summed E-state index contributed by atoms with van der Waals surface area (Å²) in [6.45, 7) is 1.47. The van der Waals surface area contributed by atoms with E-state index >= 15 is 0 Å². The number of ketones is 1. The number of fused-ring (bicyclic) bond motifs is 1. The van der Waals surface area contributed by atoms with Gasteiger partial charge in [0.05, 0.1) is 17.0 Å². The lowest BCUT2D eigenvalue weighted by Gasteiger charge is -2.44. The van der Waals surface area contributed by atoms with Crippen LogP contribution in [-0.4, -0.2) is 34.4 Å². The summed E-state index contributed by atoms with van der Waals surface area (Å²) in [7, 11) is 0. The molecule has 0 radical (unpaired) electrons. The molecule has 0 bridgehead atoms. The summed E-state index contributed by atoms with van der Waals surface area (Å²) in [4.78, 5) is 23.3. The Hall–Kier alpha value is -1.85. The molecule has 2 aromatic rings. The average Bonchev–Trinajstić information content (AvgIpc) is 2.58. The van der Waals surface area contributed by atoms with Gasteiger partial charge in [-0.1, -0.05) is 23.2 Å². The molecule has 0 aliphatic carbocycles. The van der Waals surface area contributed by atoms with Gasteiger partial charge in [0.15, 0.2) is 5.78 Å². The molecule has 0 unspecified atom stereocenters. The number of carbonyl (C=O) groups is 1. The highest BCUT2D eigenvalue weighted by molar-refractivity contribution is 6.36. The highest BCUT2D eigenvalue weighted by Crippen LogP contribution is 2.44. The minimum absolute atomic E-state index is 0.0325. The Morgan fingerprint density at radius 3 is 2.54 bits per heavy atom. The Bertz CT molecular complexity index is 790. The number of rotatable bonds is 1. The second-order valence-electron chi connectivity index (χ2n) is 6.19. The molecule has 2 aliphatic heterocycles. The van der Waals surface area contributed by atoms with Gasteiger partial charge >= 0.3 is 0 Å². The van der Waals surface area contributed by atoms with Gasteiger partial charge in [-0.3, -0.25) is 4.79 Å². The van der Waals surface area contributed by atoms with Crippen molar-refractivity contribution in [2.75, 3.05) is 18.0 Å². The summed E-state index contributed by atoms with van der Waals surface area (Å²) >= 11 is 12.2. The first-order valence-corrected chi connectivity index (χ1v) is 8.55. The third-order valence-corrected chi connectivity index (χ3v) is 5.12. The second-order valence-corrected chi connectivity index (χ2v) is 7.03. The van der Waals surface area contributed by atoms with E-state index in [0.29, 0.717) is 33.7 Å². The summed E-state index contributed by atoms with van der Waals surface area (Å²) in [6, 6.07) is 5.04. The van der Waals surface area contributed by atoms with Crippen LogP contribution < -0.4 is 9.64 Å². The molecule has 1 fully saturated rings. The van der Waals surface area contributed by atoms with Crippen LogP contribution in [0.3, 0.4) is 0 Å². The van der Waals surface area contributed by atoms with E-state index in [-0.39, 0.29) is 5.78 Å². The summed E-state index contributed by atoms with van der Waals surface area (Å²) in [5.41, 5.74) is -0.0285. The maximum absolute atomic E-state index is 12.6. The van der Waals surface area contributed by atoms with Crippen molar-refractivity contribution in [1.82, 2.24) is 9.97 Å². The molecule has 2 aliphatic rings. The fourth-order valence-corrected chi connectivity index (χ4v) is 3.89. The number of aromatic nitrogens is 2. The third kappa shape index (κ3) is 2.72. The molecule has 1 saturated heterocycles. The lowest BCUT2D eigenvalue weighted by molar-refractivity contribution is 0.0231. The molecule has 124 valence electrons. The minimum Gasteiger partial charge on any atom is -0.484 e. The lowest BCUT2D eigenvalue weighted by Crippen LogP contribution is -2.51. The van der Waals surface area contributed by atoms with E-state index in [9.17, 15) is 4.79 Å².